The molecule has 6 heteroatoms. The van der Waals surface area contributed by atoms with Gasteiger partial charge in [0.25, 0.3) is 0 Å². The van der Waals surface area contributed by atoms with Crippen LogP contribution in [-0.4, -0.2) is 56.0 Å². The number of ether oxygens (including phenoxy) is 1. The first-order valence-corrected chi connectivity index (χ1v) is 9.49. The summed E-state index contributed by atoms with van der Waals surface area (Å²) in [7, 11) is 5.11. The zero-order valence-corrected chi connectivity index (χ0v) is 16.6. The van der Waals surface area contributed by atoms with Crippen LogP contribution >= 0.6 is 0 Å². The molecule has 1 fully saturated rings. The first kappa shape index (κ1) is 19.7. The molecule has 0 radical (unpaired) electrons. The number of benzene rings is 2. The number of piperidine rings is 1. The predicted molar refractivity (Wildman–Crippen MR) is 110 cm³/mol. The molecule has 148 valence electrons. The van der Waals surface area contributed by atoms with Gasteiger partial charge in [-0.15, -0.1) is 0 Å². The van der Waals surface area contributed by atoms with E-state index >= 15 is 0 Å². The van der Waals surface area contributed by atoms with Crippen LogP contribution in [0.4, 0.5) is 10.5 Å². The van der Waals surface area contributed by atoms with Crippen molar-refractivity contribution >= 4 is 17.6 Å². The van der Waals surface area contributed by atoms with Crippen molar-refractivity contribution in [3.8, 4) is 16.9 Å². The molecule has 1 saturated heterocycles. The Kier molecular flexibility index (Phi) is 6.19. The van der Waals surface area contributed by atoms with Crippen molar-refractivity contribution in [3.05, 3.63) is 48.5 Å². The minimum absolute atomic E-state index is 0.0367. The molecule has 0 saturated carbocycles. The number of urea groups is 1. The van der Waals surface area contributed by atoms with Crippen LogP contribution in [-0.2, 0) is 4.79 Å². The lowest BCUT2D eigenvalue weighted by molar-refractivity contribution is -0.121. The van der Waals surface area contributed by atoms with Gasteiger partial charge in [-0.25, -0.2) is 4.79 Å². The van der Waals surface area contributed by atoms with Gasteiger partial charge in [0.2, 0.25) is 5.91 Å². The average molecular weight is 381 g/mol. The van der Waals surface area contributed by atoms with Crippen LogP contribution in [0.25, 0.3) is 11.1 Å². The van der Waals surface area contributed by atoms with Crippen molar-refractivity contribution in [2.45, 2.75) is 12.8 Å². The molecule has 0 unspecified atom stereocenters. The molecule has 1 heterocycles. The zero-order valence-electron chi connectivity index (χ0n) is 16.6. The molecule has 1 atom stereocenters. The fraction of sp³-hybridized carbons (Fsp3) is 0.364. The summed E-state index contributed by atoms with van der Waals surface area (Å²) in [6.45, 7) is 1.17. The monoisotopic (exact) mass is 381 g/mol. The van der Waals surface area contributed by atoms with Crippen molar-refractivity contribution in [1.29, 1.82) is 0 Å². The summed E-state index contributed by atoms with van der Waals surface area (Å²) >= 11 is 0. The highest BCUT2D eigenvalue weighted by Crippen LogP contribution is 2.26. The summed E-state index contributed by atoms with van der Waals surface area (Å²) in [5, 5.41) is 2.99. The molecule has 0 aliphatic carbocycles. The molecule has 6 nitrogen and oxygen atoms in total. The highest BCUT2D eigenvalue weighted by molar-refractivity contribution is 5.93. The highest BCUT2D eigenvalue weighted by atomic mass is 16.5. The van der Waals surface area contributed by atoms with E-state index in [0.29, 0.717) is 13.1 Å². The topological polar surface area (TPSA) is 61.9 Å². The molecule has 0 spiro atoms. The van der Waals surface area contributed by atoms with Crippen LogP contribution in [0, 0.1) is 5.92 Å². The largest absolute Gasteiger partial charge is 0.497 e. The van der Waals surface area contributed by atoms with Crippen molar-refractivity contribution in [2.75, 3.05) is 39.6 Å². The van der Waals surface area contributed by atoms with Gasteiger partial charge in [0.05, 0.1) is 13.0 Å². The maximum atomic E-state index is 12.7. The molecule has 3 rings (SSSR count). The quantitative estimate of drug-likeness (QED) is 0.879. The van der Waals surface area contributed by atoms with Gasteiger partial charge in [-0.2, -0.15) is 0 Å². The van der Waals surface area contributed by atoms with Gasteiger partial charge in [-0.3, -0.25) is 4.79 Å². The summed E-state index contributed by atoms with van der Waals surface area (Å²) < 4.78 is 5.27. The average Bonchev–Trinajstić information content (AvgIpc) is 2.73. The molecule has 3 amide bonds. The number of amides is 3. The number of hydrogen-bond donors (Lipinski definition) is 1. The zero-order chi connectivity index (χ0) is 20.1. The Morgan fingerprint density at radius 3 is 2.54 bits per heavy atom. The van der Waals surface area contributed by atoms with Gasteiger partial charge in [-0.1, -0.05) is 24.3 Å². The van der Waals surface area contributed by atoms with E-state index in [0.717, 1.165) is 35.4 Å². The second kappa shape index (κ2) is 8.78. The van der Waals surface area contributed by atoms with Gasteiger partial charge in [0.1, 0.15) is 5.75 Å². The molecule has 0 bridgehead atoms. The number of carbonyl (C=O) groups excluding carboxylic acids is 2. The van der Waals surface area contributed by atoms with E-state index in [9.17, 15) is 9.59 Å². The maximum Gasteiger partial charge on any atom is 0.319 e. The van der Waals surface area contributed by atoms with Crippen molar-refractivity contribution < 1.29 is 14.3 Å². The fourth-order valence-corrected chi connectivity index (χ4v) is 3.44. The Bertz CT molecular complexity index is 833. The number of likely N-dealkylation sites (tertiary alicyclic amines) is 1. The molecule has 1 aliphatic rings. The molecule has 2 aromatic rings. The smallest absolute Gasteiger partial charge is 0.319 e. The highest BCUT2D eigenvalue weighted by Gasteiger charge is 2.29. The van der Waals surface area contributed by atoms with E-state index in [-0.39, 0.29) is 17.9 Å². The third-order valence-corrected chi connectivity index (χ3v) is 5.00. The van der Waals surface area contributed by atoms with Gasteiger partial charge in [0.15, 0.2) is 0 Å². The van der Waals surface area contributed by atoms with Crippen LogP contribution in [0.5, 0.6) is 5.75 Å². The van der Waals surface area contributed by atoms with E-state index in [4.69, 9.17) is 4.74 Å². The van der Waals surface area contributed by atoms with Crippen LogP contribution in [0.15, 0.2) is 48.5 Å². The van der Waals surface area contributed by atoms with Crippen LogP contribution in [0.1, 0.15) is 12.8 Å². The molecule has 1 N–H and O–H groups in total. The van der Waals surface area contributed by atoms with Crippen LogP contribution < -0.4 is 10.1 Å². The standard InChI is InChI=1S/C22H27N3O3/c1-24(2)22(27)25-13-5-7-18(15-25)21(26)23-19-11-9-16(10-12-19)17-6-4-8-20(14-17)28-3/h4,6,8-12,14,18H,5,7,13,15H2,1-3H3,(H,23,26)/t18-/m1/s1. The van der Waals surface area contributed by atoms with Crippen molar-refractivity contribution in [3.63, 3.8) is 0 Å². The van der Waals surface area contributed by atoms with Gasteiger partial charge in [-0.05, 0) is 48.2 Å². The van der Waals surface area contributed by atoms with Crippen LogP contribution in [0.2, 0.25) is 0 Å². The molecule has 1 aliphatic heterocycles. The van der Waals surface area contributed by atoms with E-state index in [2.05, 4.69) is 5.32 Å². The molecular formula is C22H27N3O3. The van der Waals surface area contributed by atoms with E-state index < -0.39 is 0 Å². The molecule has 2 aromatic carbocycles. The third-order valence-electron chi connectivity index (χ3n) is 5.00. The maximum absolute atomic E-state index is 12.7. The molecule has 0 aromatic heterocycles. The number of anilines is 1. The molecule has 28 heavy (non-hydrogen) atoms. The lowest BCUT2D eigenvalue weighted by Crippen LogP contribution is -2.47. The number of hydrogen-bond acceptors (Lipinski definition) is 3. The fourth-order valence-electron chi connectivity index (χ4n) is 3.44. The first-order valence-electron chi connectivity index (χ1n) is 9.49. The SMILES string of the molecule is COc1cccc(-c2ccc(NC(=O)[C@@H]3CCCN(C(=O)N(C)C)C3)cc2)c1. The lowest BCUT2D eigenvalue weighted by atomic mass is 9.97. The Hall–Kier alpha value is -3.02. The lowest BCUT2D eigenvalue weighted by Gasteiger charge is -2.33. The predicted octanol–water partition coefficient (Wildman–Crippen LogP) is 3.69. The minimum Gasteiger partial charge on any atom is -0.497 e. The number of nitrogens with one attached hydrogen (secondary N) is 1. The number of carbonyl (C=O) groups is 2. The number of nitrogens with zero attached hydrogens (tertiary/aromatic N) is 2. The van der Waals surface area contributed by atoms with E-state index in [1.165, 1.54) is 0 Å². The minimum atomic E-state index is -0.185. The number of methoxy groups -OCH3 is 1. The second-order valence-corrected chi connectivity index (χ2v) is 7.26. The van der Waals surface area contributed by atoms with Crippen molar-refractivity contribution in [2.24, 2.45) is 5.92 Å². The summed E-state index contributed by atoms with van der Waals surface area (Å²) in [4.78, 5) is 28.1. The Labute approximate surface area is 166 Å². The van der Waals surface area contributed by atoms with Crippen molar-refractivity contribution in [1.82, 2.24) is 9.80 Å². The Balaban J connectivity index is 1.63. The Morgan fingerprint density at radius 2 is 1.86 bits per heavy atom. The van der Waals surface area contributed by atoms with Gasteiger partial charge >= 0.3 is 6.03 Å². The van der Waals surface area contributed by atoms with E-state index in [1.807, 2.05) is 48.5 Å². The Morgan fingerprint density at radius 1 is 1.11 bits per heavy atom. The van der Waals surface area contributed by atoms with Crippen LogP contribution in [0.3, 0.4) is 0 Å². The second-order valence-electron chi connectivity index (χ2n) is 7.26. The van der Waals surface area contributed by atoms with Gasteiger partial charge < -0.3 is 19.9 Å². The first-order chi connectivity index (χ1) is 13.5. The summed E-state index contributed by atoms with van der Waals surface area (Å²) in [6.07, 6.45) is 1.64. The third kappa shape index (κ3) is 4.63. The summed E-state index contributed by atoms with van der Waals surface area (Å²) in [5.41, 5.74) is 2.87. The summed E-state index contributed by atoms with van der Waals surface area (Å²) in [6, 6.07) is 15.6. The van der Waals surface area contributed by atoms with E-state index in [1.54, 1.807) is 31.0 Å². The molecular weight excluding hydrogens is 354 g/mol. The van der Waals surface area contributed by atoms with Gasteiger partial charge in [0, 0.05) is 32.9 Å². The summed E-state index contributed by atoms with van der Waals surface area (Å²) in [5.74, 6) is 0.588. The normalized spacial score (nSPS) is 16.4. The number of rotatable bonds is 4.